The Balaban J connectivity index is 4.15. The monoisotopic (exact) mass is 235 g/mol. The highest BCUT2D eigenvalue weighted by atomic mass is 16.5. The van der Waals surface area contributed by atoms with Crippen LogP contribution in [0, 0.1) is 0 Å². The summed E-state index contributed by atoms with van der Waals surface area (Å²) in [5, 5.41) is 2.83. The summed E-state index contributed by atoms with van der Waals surface area (Å²) in [4.78, 5) is 11.4. The summed E-state index contributed by atoms with van der Waals surface area (Å²) in [6.45, 7) is 11.4. The Labute approximate surface area is 104 Å². The van der Waals surface area contributed by atoms with Crippen molar-refractivity contribution in [2.75, 3.05) is 7.11 Å². The molecule has 0 aromatic rings. The number of ether oxygens (including phenoxy) is 1. The second-order valence-electron chi connectivity index (χ2n) is 3.73. The van der Waals surface area contributed by atoms with E-state index < -0.39 is 0 Å². The van der Waals surface area contributed by atoms with E-state index in [0.29, 0.717) is 11.3 Å². The Morgan fingerprint density at radius 2 is 1.88 bits per heavy atom. The summed E-state index contributed by atoms with van der Waals surface area (Å²) in [6.07, 6.45) is 7.46. The van der Waals surface area contributed by atoms with Gasteiger partial charge in [-0.2, -0.15) is 0 Å². The van der Waals surface area contributed by atoms with E-state index in [1.807, 2.05) is 13.8 Å². The highest BCUT2D eigenvalue weighted by molar-refractivity contribution is 5.88. The van der Waals surface area contributed by atoms with Crippen LogP contribution in [0.2, 0.25) is 0 Å². The van der Waals surface area contributed by atoms with Crippen LogP contribution in [0.3, 0.4) is 0 Å². The molecule has 94 valence electrons. The molecule has 0 heterocycles. The van der Waals surface area contributed by atoms with Gasteiger partial charge in [0, 0.05) is 12.1 Å². The number of allylic oxidation sites excluding steroid dienone is 4. The molecule has 0 saturated heterocycles. The number of hydrogen-bond donors (Lipinski definition) is 1. The van der Waals surface area contributed by atoms with Crippen LogP contribution in [-0.2, 0) is 9.53 Å². The molecule has 1 N–H and O–H groups in total. The molecule has 3 heteroatoms. The van der Waals surface area contributed by atoms with Gasteiger partial charge >= 0.3 is 0 Å². The van der Waals surface area contributed by atoms with Crippen molar-refractivity contribution in [2.45, 2.75) is 26.3 Å². The van der Waals surface area contributed by atoms with Gasteiger partial charge in [-0.15, -0.1) is 0 Å². The zero-order chi connectivity index (χ0) is 13.3. The molecular formula is C14H21NO2. The number of amides is 1. The Hall–Kier alpha value is -1.77. The van der Waals surface area contributed by atoms with Gasteiger partial charge in [-0.25, -0.2) is 0 Å². The van der Waals surface area contributed by atoms with E-state index in [-0.39, 0.29) is 11.9 Å². The average molecular weight is 235 g/mol. The predicted octanol–water partition coefficient (Wildman–Crippen LogP) is 2.73. The Morgan fingerprint density at radius 1 is 1.29 bits per heavy atom. The SMILES string of the molecule is C=C(/C=C\C(=C)OC)/C=C/C(=O)NC(C)CC. The van der Waals surface area contributed by atoms with Gasteiger partial charge in [0.15, 0.2) is 0 Å². The second-order valence-corrected chi connectivity index (χ2v) is 3.73. The Morgan fingerprint density at radius 3 is 2.41 bits per heavy atom. The molecule has 0 spiro atoms. The molecule has 0 radical (unpaired) electrons. The van der Waals surface area contributed by atoms with Gasteiger partial charge in [-0.3, -0.25) is 4.79 Å². The van der Waals surface area contributed by atoms with Gasteiger partial charge < -0.3 is 10.1 Å². The third-order valence-corrected chi connectivity index (χ3v) is 2.20. The molecule has 1 unspecified atom stereocenters. The van der Waals surface area contributed by atoms with Crippen molar-refractivity contribution in [3.8, 4) is 0 Å². The van der Waals surface area contributed by atoms with Crippen molar-refractivity contribution < 1.29 is 9.53 Å². The third-order valence-electron chi connectivity index (χ3n) is 2.20. The second kappa shape index (κ2) is 8.39. The molecular weight excluding hydrogens is 214 g/mol. The first-order chi connectivity index (χ1) is 7.99. The van der Waals surface area contributed by atoms with Crippen LogP contribution in [0.4, 0.5) is 0 Å². The highest BCUT2D eigenvalue weighted by Crippen LogP contribution is 2.00. The largest absolute Gasteiger partial charge is 0.497 e. The number of methoxy groups -OCH3 is 1. The number of carbonyl (C=O) groups excluding carboxylic acids is 1. The molecule has 17 heavy (non-hydrogen) atoms. The van der Waals surface area contributed by atoms with Crippen LogP contribution in [0.25, 0.3) is 0 Å². The van der Waals surface area contributed by atoms with Crippen molar-refractivity contribution in [2.24, 2.45) is 0 Å². The van der Waals surface area contributed by atoms with Crippen LogP contribution >= 0.6 is 0 Å². The number of nitrogens with one attached hydrogen (secondary N) is 1. The summed E-state index contributed by atoms with van der Waals surface area (Å²) in [6, 6.07) is 0.184. The first-order valence-electron chi connectivity index (χ1n) is 5.58. The van der Waals surface area contributed by atoms with Gasteiger partial charge in [0.1, 0.15) is 5.76 Å². The van der Waals surface area contributed by atoms with Crippen LogP contribution in [0.5, 0.6) is 0 Å². The van der Waals surface area contributed by atoms with Gasteiger partial charge in [-0.05, 0) is 25.0 Å². The molecule has 0 rings (SSSR count). The van der Waals surface area contributed by atoms with Crippen LogP contribution in [0.1, 0.15) is 20.3 Å². The van der Waals surface area contributed by atoms with Crippen LogP contribution in [0.15, 0.2) is 48.8 Å². The fourth-order valence-electron chi connectivity index (χ4n) is 0.899. The maximum absolute atomic E-state index is 11.4. The van der Waals surface area contributed by atoms with Crippen LogP contribution in [-0.4, -0.2) is 19.1 Å². The molecule has 0 aliphatic heterocycles. The summed E-state index contributed by atoms with van der Waals surface area (Å²) < 4.78 is 4.87. The molecule has 0 fully saturated rings. The fourth-order valence-corrected chi connectivity index (χ4v) is 0.899. The lowest BCUT2D eigenvalue weighted by molar-refractivity contribution is -0.117. The molecule has 0 bridgehead atoms. The lowest BCUT2D eigenvalue weighted by Gasteiger charge is -2.08. The Kier molecular flexibility index (Phi) is 7.52. The minimum atomic E-state index is -0.112. The van der Waals surface area contributed by atoms with Gasteiger partial charge in [-0.1, -0.05) is 32.2 Å². The lowest BCUT2D eigenvalue weighted by Crippen LogP contribution is -2.30. The van der Waals surface area contributed by atoms with Crippen molar-refractivity contribution in [3.63, 3.8) is 0 Å². The maximum atomic E-state index is 11.4. The third kappa shape index (κ3) is 8.08. The minimum absolute atomic E-state index is 0.112. The highest BCUT2D eigenvalue weighted by Gasteiger charge is 2.00. The topological polar surface area (TPSA) is 38.3 Å². The molecule has 1 atom stereocenters. The van der Waals surface area contributed by atoms with E-state index in [9.17, 15) is 4.79 Å². The number of rotatable bonds is 7. The molecule has 0 aromatic heterocycles. The van der Waals surface area contributed by atoms with Crippen molar-refractivity contribution in [1.29, 1.82) is 0 Å². The zero-order valence-electron chi connectivity index (χ0n) is 10.8. The summed E-state index contributed by atoms with van der Waals surface area (Å²) in [7, 11) is 1.55. The summed E-state index contributed by atoms with van der Waals surface area (Å²) in [5.74, 6) is 0.433. The molecule has 0 saturated carbocycles. The van der Waals surface area contributed by atoms with E-state index >= 15 is 0 Å². The van der Waals surface area contributed by atoms with Crippen molar-refractivity contribution in [1.82, 2.24) is 5.32 Å². The van der Waals surface area contributed by atoms with Crippen molar-refractivity contribution in [3.05, 3.63) is 48.8 Å². The first-order valence-corrected chi connectivity index (χ1v) is 5.58. The lowest BCUT2D eigenvalue weighted by atomic mass is 10.2. The Bertz CT molecular complexity index is 340. The normalized spacial score (nSPS) is 12.6. The smallest absolute Gasteiger partial charge is 0.244 e. The van der Waals surface area contributed by atoms with Crippen molar-refractivity contribution >= 4 is 5.91 Å². The van der Waals surface area contributed by atoms with E-state index in [0.717, 1.165) is 6.42 Å². The van der Waals surface area contributed by atoms with E-state index in [2.05, 4.69) is 18.5 Å². The molecule has 1 amide bonds. The standard InChI is InChI=1S/C14H21NO2/c1-6-12(3)15-14(16)10-8-11(2)7-9-13(4)17-5/h7-10,12H,2,4,6H2,1,3,5H3,(H,15,16)/b9-7-,10-8+. The zero-order valence-corrected chi connectivity index (χ0v) is 10.8. The van der Waals surface area contributed by atoms with Gasteiger partial charge in [0.25, 0.3) is 0 Å². The van der Waals surface area contributed by atoms with Gasteiger partial charge in [0.05, 0.1) is 7.11 Å². The number of hydrogen-bond acceptors (Lipinski definition) is 2. The minimum Gasteiger partial charge on any atom is -0.497 e. The van der Waals surface area contributed by atoms with Gasteiger partial charge in [0.2, 0.25) is 5.91 Å². The van der Waals surface area contributed by atoms with E-state index in [1.165, 1.54) is 6.08 Å². The summed E-state index contributed by atoms with van der Waals surface area (Å²) in [5.41, 5.74) is 0.711. The van der Waals surface area contributed by atoms with E-state index in [4.69, 9.17) is 4.74 Å². The molecule has 0 aromatic carbocycles. The molecule has 0 aliphatic rings. The van der Waals surface area contributed by atoms with Crippen LogP contribution < -0.4 is 5.32 Å². The number of carbonyl (C=O) groups is 1. The summed E-state index contributed by atoms with van der Waals surface area (Å²) >= 11 is 0. The quantitative estimate of drug-likeness (QED) is 0.418. The van der Waals surface area contributed by atoms with E-state index in [1.54, 1.807) is 25.3 Å². The maximum Gasteiger partial charge on any atom is 0.244 e. The average Bonchev–Trinajstić information content (AvgIpc) is 2.32. The molecule has 3 nitrogen and oxygen atoms in total. The molecule has 0 aliphatic carbocycles. The predicted molar refractivity (Wildman–Crippen MR) is 71.5 cm³/mol. The first kappa shape index (κ1) is 15.2. The fraction of sp³-hybridized carbons (Fsp3) is 0.357.